The molecule has 7 heteroatoms. The van der Waals surface area contributed by atoms with Crippen LogP contribution in [0.15, 0.2) is 69.9 Å². The van der Waals surface area contributed by atoms with Crippen LogP contribution in [0.1, 0.15) is 52.0 Å². The zero-order valence-electron chi connectivity index (χ0n) is 19.6. The number of para-hydroxylation sites is 1. The van der Waals surface area contributed by atoms with Gasteiger partial charge in [0.2, 0.25) is 0 Å². The lowest BCUT2D eigenvalue weighted by molar-refractivity contribution is -0.137. The summed E-state index contributed by atoms with van der Waals surface area (Å²) < 4.78 is 0. The van der Waals surface area contributed by atoms with E-state index in [0.717, 1.165) is 35.4 Å². The molecule has 1 aromatic rings. The van der Waals surface area contributed by atoms with E-state index in [2.05, 4.69) is 31.7 Å². The van der Waals surface area contributed by atoms with E-state index in [1.165, 1.54) is 6.08 Å². The number of halogens is 1. The van der Waals surface area contributed by atoms with E-state index in [4.69, 9.17) is 11.6 Å². The summed E-state index contributed by atoms with van der Waals surface area (Å²) in [5, 5.41) is 28.2. The molecule has 0 spiro atoms. The number of nitrogens with zero attached hydrogens (tertiary/aromatic N) is 2. The van der Waals surface area contributed by atoms with Gasteiger partial charge in [-0.2, -0.15) is 5.26 Å². The second-order valence-corrected chi connectivity index (χ2v) is 9.56. The first-order chi connectivity index (χ1) is 16.1. The number of allylic oxidation sites excluding steroid dienone is 7. The van der Waals surface area contributed by atoms with Gasteiger partial charge in [-0.25, -0.2) is 4.79 Å². The van der Waals surface area contributed by atoms with Crippen molar-refractivity contribution >= 4 is 29.2 Å². The van der Waals surface area contributed by atoms with E-state index >= 15 is 0 Å². The summed E-state index contributed by atoms with van der Waals surface area (Å²) in [7, 11) is 0. The quantitative estimate of drug-likeness (QED) is 0.371. The Morgan fingerprint density at radius 1 is 1.24 bits per heavy atom. The maximum atomic E-state index is 11.3. The molecule has 0 radical (unpaired) electrons. The van der Waals surface area contributed by atoms with Crippen LogP contribution in [0.25, 0.3) is 0 Å². The molecule has 0 saturated heterocycles. The molecular weight excluding hydrogens is 452 g/mol. The predicted molar refractivity (Wildman–Crippen MR) is 132 cm³/mol. The number of aliphatic carboxylic acids is 2. The minimum atomic E-state index is -1.27. The van der Waals surface area contributed by atoms with Crippen molar-refractivity contribution in [1.82, 2.24) is 0 Å². The molecule has 1 atom stereocenters. The third-order valence-corrected chi connectivity index (χ3v) is 7.10. The van der Waals surface area contributed by atoms with E-state index in [9.17, 15) is 25.1 Å². The standard InChI is InChI=1S/C27H29ClN2O4/c1-4-17-13-18(25(28)19(14-17)15-20(16-29)26(33)34)9-10-23-27(2,3)21-7-5-6-8-22(21)30(23)12-11-24(31)32/h5-10,15,17H,4,11-14H2,1-3H3,(H,31,32)(H,33,34)/b18-9-,20-15-,23-10-. The summed E-state index contributed by atoms with van der Waals surface area (Å²) in [4.78, 5) is 24.7. The number of benzene rings is 1. The van der Waals surface area contributed by atoms with Crippen molar-refractivity contribution in [3.8, 4) is 6.07 Å². The molecule has 1 unspecified atom stereocenters. The highest BCUT2D eigenvalue weighted by molar-refractivity contribution is 6.32. The number of hydrogen-bond donors (Lipinski definition) is 2. The largest absolute Gasteiger partial charge is 0.481 e. The highest BCUT2D eigenvalue weighted by Gasteiger charge is 2.39. The first-order valence-corrected chi connectivity index (χ1v) is 11.7. The smallest absolute Gasteiger partial charge is 0.346 e. The molecule has 2 aliphatic rings. The van der Waals surface area contributed by atoms with Crippen LogP contribution in [-0.2, 0) is 15.0 Å². The highest BCUT2D eigenvalue weighted by atomic mass is 35.5. The van der Waals surface area contributed by atoms with Gasteiger partial charge in [0.25, 0.3) is 0 Å². The van der Waals surface area contributed by atoms with Crippen molar-refractivity contribution in [3.05, 3.63) is 75.5 Å². The second-order valence-electron chi connectivity index (χ2n) is 9.18. The first kappa shape index (κ1) is 25.3. The summed E-state index contributed by atoms with van der Waals surface area (Å²) in [6.45, 7) is 6.66. The van der Waals surface area contributed by atoms with Gasteiger partial charge in [0.1, 0.15) is 11.6 Å². The zero-order chi connectivity index (χ0) is 25.0. The molecule has 1 heterocycles. The first-order valence-electron chi connectivity index (χ1n) is 11.3. The fraction of sp³-hybridized carbons (Fsp3) is 0.370. The molecule has 1 aliphatic carbocycles. The maximum Gasteiger partial charge on any atom is 0.346 e. The summed E-state index contributed by atoms with van der Waals surface area (Å²) >= 11 is 6.71. The molecule has 0 fully saturated rings. The summed E-state index contributed by atoms with van der Waals surface area (Å²) in [6.07, 6.45) is 7.60. The molecule has 178 valence electrons. The minimum absolute atomic E-state index is 0.0119. The van der Waals surface area contributed by atoms with Crippen LogP contribution in [0, 0.1) is 17.2 Å². The maximum absolute atomic E-state index is 11.3. The van der Waals surface area contributed by atoms with Gasteiger partial charge in [-0.15, -0.1) is 0 Å². The lowest BCUT2D eigenvalue weighted by Crippen LogP contribution is -2.28. The summed E-state index contributed by atoms with van der Waals surface area (Å²) in [5.41, 5.74) is 3.97. The van der Waals surface area contributed by atoms with Crippen molar-refractivity contribution in [2.24, 2.45) is 5.92 Å². The van der Waals surface area contributed by atoms with E-state index < -0.39 is 11.9 Å². The molecule has 2 N–H and O–H groups in total. The molecule has 0 saturated carbocycles. The van der Waals surface area contributed by atoms with Crippen molar-refractivity contribution < 1.29 is 19.8 Å². The number of anilines is 1. The Morgan fingerprint density at radius 3 is 2.56 bits per heavy atom. The normalized spacial score (nSPS) is 22.1. The van der Waals surface area contributed by atoms with Gasteiger partial charge in [-0.1, -0.05) is 63.1 Å². The highest BCUT2D eigenvalue weighted by Crippen LogP contribution is 2.48. The number of fused-ring (bicyclic) bond motifs is 1. The lowest BCUT2D eigenvalue weighted by atomic mass is 9.82. The molecular formula is C27H29ClN2O4. The Labute approximate surface area is 205 Å². The second kappa shape index (κ2) is 10.3. The van der Waals surface area contributed by atoms with Crippen LogP contribution < -0.4 is 4.90 Å². The lowest BCUT2D eigenvalue weighted by Gasteiger charge is -2.28. The van der Waals surface area contributed by atoms with Crippen LogP contribution in [0.2, 0.25) is 0 Å². The van der Waals surface area contributed by atoms with Crippen LogP contribution >= 0.6 is 11.6 Å². The van der Waals surface area contributed by atoms with Crippen LogP contribution in [-0.4, -0.2) is 28.7 Å². The SMILES string of the molecule is CCC1CC(/C=C(/C#N)C(=O)O)=C(Cl)C(=C\C=C2/N(CCC(=O)O)c3ccccc3C2(C)C)/C1. The third kappa shape index (κ3) is 5.10. The number of carbonyl (C=O) groups is 2. The Hall–Kier alpha value is -3.30. The van der Waals surface area contributed by atoms with Crippen LogP contribution in [0.3, 0.4) is 0 Å². The van der Waals surface area contributed by atoms with Crippen LogP contribution in [0.4, 0.5) is 5.69 Å². The average molecular weight is 481 g/mol. The van der Waals surface area contributed by atoms with Gasteiger partial charge < -0.3 is 15.1 Å². The third-order valence-electron chi connectivity index (χ3n) is 6.62. The molecule has 1 aliphatic heterocycles. The Kier molecular flexibility index (Phi) is 7.68. The van der Waals surface area contributed by atoms with Crippen molar-refractivity contribution in [1.29, 1.82) is 5.26 Å². The fourth-order valence-electron chi connectivity index (χ4n) is 4.72. The van der Waals surface area contributed by atoms with Crippen LogP contribution in [0.5, 0.6) is 0 Å². The van der Waals surface area contributed by atoms with Gasteiger partial charge in [-0.3, -0.25) is 4.79 Å². The Balaban J connectivity index is 2.08. The van der Waals surface area contributed by atoms with E-state index in [1.54, 1.807) is 6.07 Å². The number of rotatable bonds is 7. The summed E-state index contributed by atoms with van der Waals surface area (Å²) in [5.74, 6) is -1.85. The van der Waals surface area contributed by atoms with Crippen molar-refractivity contribution in [2.75, 3.05) is 11.4 Å². The predicted octanol–water partition coefficient (Wildman–Crippen LogP) is 5.92. The van der Waals surface area contributed by atoms with Gasteiger partial charge in [0.15, 0.2) is 0 Å². The van der Waals surface area contributed by atoms with Gasteiger partial charge >= 0.3 is 11.9 Å². The van der Waals surface area contributed by atoms with E-state index in [-0.39, 0.29) is 23.3 Å². The molecule has 6 nitrogen and oxygen atoms in total. The number of nitriles is 1. The number of hydrogen-bond acceptors (Lipinski definition) is 4. The number of carboxylic acid groups (broad SMARTS) is 2. The topological polar surface area (TPSA) is 102 Å². The van der Waals surface area contributed by atoms with Gasteiger partial charge in [0.05, 0.1) is 6.42 Å². The Morgan fingerprint density at radius 2 is 1.94 bits per heavy atom. The van der Waals surface area contributed by atoms with E-state index in [1.807, 2.05) is 30.4 Å². The molecule has 1 aromatic carbocycles. The average Bonchev–Trinajstić information content (AvgIpc) is 3.01. The molecule has 0 aromatic heterocycles. The fourth-order valence-corrected chi connectivity index (χ4v) is 4.99. The Bertz CT molecular complexity index is 1170. The van der Waals surface area contributed by atoms with Crippen molar-refractivity contribution in [3.63, 3.8) is 0 Å². The minimum Gasteiger partial charge on any atom is -0.481 e. The molecule has 34 heavy (non-hydrogen) atoms. The van der Waals surface area contributed by atoms with E-state index in [0.29, 0.717) is 23.6 Å². The molecule has 0 amide bonds. The van der Waals surface area contributed by atoms with Crippen molar-refractivity contribution in [2.45, 2.75) is 51.9 Å². The number of carboxylic acids is 2. The zero-order valence-corrected chi connectivity index (χ0v) is 20.4. The molecule has 0 bridgehead atoms. The van der Waals surface area contributed by atoms with Gasteiger partial charge in [0, 0.05) is 28.4 Å². The molecule has 3 rings (SSSR count). The summed E-state index contributed by atoms with van der Waals surface area (Å²) in [6, 6.07) is 9.73. The monoisotopic (exact) mass is 480 g/mol. The van der Waals surface area contributed by atoms with Gasteiger partial charge in [-0.05, 0) is 53.7 Å².